The predicted octanol–water partition coefficient (Wildman–Crippen LogP) is 2.19. The Labute approximate surface area is 80.5 Å². The Balaban J connectivity index is 2.85. The van der Waals surface area contributed by atoms with E-state index in [1.165, 1.54) is 11.3 Å². The van der Waals surface area contributed by atoms with E-state index in [1.807, 2.05) is 12.3 Å². The number of likely N-dealkylation sites (N-methyl/N-ethyl adjacent to an activating group) is 1. The molecule has 0 aromatic carbocycles. The molecule has 66 valence electrons. The van der Waals surface area contributed by atoms with Crippen LogP contribution in [-0.2, 0) is 0 Å². The summed E-state index contributed by atoms with van der Waals surface area (Å²) < 4.78 is 0.571. The molecule has 4 heteroatoms. The molecular formula is C8H10ClNOS. The lowest BCUT2D eigenvalue weighted by Gasteiger charge is -2.06. The van der Waals surface area contributed by atoms with Crippen molar-refractivity contribution in [3.05, 3.63) is 21.3 Å². The minimum Gasteiger partial charge on any atom is -0.310 e. The maximum absolute atomic E-state index is 11.5. The van der Waals surface area contributed by atoms with E-state index in [0.29, 0.717) is 9.90 Å². The van der Waals surface area contributed by atoms with Crippen LogP contribution < -0.4 is 5.32 Å². The molecule has 0 bridgehead atoms. The topological polar surface area (TPSA) is 29.1 Å². The van der Waals surface area contributed by atoms with Crippen molar-refractivity contribution in [2.24, 2.45) is 0 Å². The summed E-state index contributed by atoms with van der Waals surface area (Å²) in [4.78, 5) is 11.5. The lowest BCUT2D eigenvalue weighted by atomic mass is 10.1. The van der Waals surface area contributed by atoms with Crippen LogP contribution in [0.5, 0.6) is 0 Å². The number of carbonyl (C=O) groups is 1. The van der Waals surface area contributed by atoms with Crippen molar-refractivity contribution in [1.82, 2.24) is 5.32 Å². The Kier molecular flexibility index (Phi) is 3.26. The number of thiophene rings is 1. The van der Waals surface area contributed by atoms with E-state index in [9.17, 15) is 4.79 Å². The molecule has 1 atom stereocenters. The summed E-state index contributed by atoms with van der Waals surface area (Å²) in [5.41, 5.74) is 0.614. The van der Waals surface area contributed by atoms with Gasteiger partial charge >= 0.3 is 0 Å². The average Bonchev–Trinajstić information content (AvgIpc) is 2.48. The van der Waals surface area contributed by atoms with Gasteiger partial charge in [0.1, 0.15) is 4.34 Å². The third-order valence-corrected chi connectivity index (χ3v) is 2.88. The molecule has 0 spiro atoms. The molecule has 0 aliphatic heterocycles. The van der Waals surface area contributed by atoms with Crippen LogP contribution in [0, 0.1) is 0 Å². The van der Waals surface area contributed by atoms with Crippen LogP contribution in [0.3, 0.4) is 0 Å². The van der Waals surface area contributed by atoms with Crippen LogP contribution in [0.4, 0.5) is 0 Å². The number of halogens is 1. The van der Waals surface area contributed by atoms with Gasteiger partial charge in [-0.3, -0.25) is 4.79 Å². The Morgan fingerprint density at radius 3 is 2.83 bits per heavy atom. The van der Waals surface area contributed by atoms with Crippen molar-refractivity contribution in [3.8, 4) is 0 Å². The highest BCUT2D eigenvalue weighted by molar-refractivity contribution is 7.14. The quantitative estimate of drug-likeness (QED) is 0.764. The maximum atomic E-state index is 11.5. The average molecular weight is 204 g/mol. The number of carbonyl (C=O) groups excluding carboxylic acids is 1. The molecule has 0 aliphatic rings. The largest absolute Gasteiger partial charge is 0.310 e. The lowest BCUT2D eigenvalue weighted by Crippen LogP contribution is -2.30. The number of Topliss-reactive ketones (excluding diaryl/α,β-unsaturated/α-hetero) is 1. The standard InChI is InChI=1S/C8H10ClNOS/c1-5(10-2)7(11)6-3-4-12-8(6)9/h3-5,10H,1-2H3. The highest BCUT2D eigenvalue weighted by atomic mass is 35.5. The van der Waals surface area contributed by atoms with Crippen LogP contribution in [0.25, 0.3) is 0 Å². The van der Waals surface area contributed by atoms with E-state index >= 15 is 0 Å². The number of ketones is 1. The smallest absolute Gasteiger partial charge is 0.181 e. The zero-order chi connectivity index (χ0) is 9.14. The Morgan fingerprint density at radius 1 is 1.75 bits per heavy atom. The fourth-order valence-electron chi connectivity index (χ4n) is 0.834. The molecule has 0 aliphatic carbocycles. The van der Waals surface area contributed by atoms with Crippen molar-refractivity contribution in [3.63, 3.8) is 0 Å². The molecule has 1 rings (SSSR count). The van der Waals surface area contributed by atoms with E-state index in [0.717, 1.165) is 0 Å². The second kappa shape index (κ2) is 4.03. The minimum absolute atomic E-state index is 0.0451. The molecule has 1 unspecified atom stereocenters. The van der Waals surface area contributed by atoms with Gasteiger partial charge in [-0.1, -0.05) is 11.6 Å². The molecule has 0 amide bonds. The third-order valence-electron chi connectivity index (χ3n) is 1.71. The van der Waals surface area contributed by atoms with Crippen LogP contribution in [0.15, 0.2) is 11.4 Å². The van der Waals surface area contributed by atoms with Crippen LogP contribution in [0.2, 0.25) is 4.34 Å². The number of hydrogen-bond acceptors (Lipinski definition) is 3. The summed E-state index contributed by atoms with van der Waals surface area (Å²) in [5, 5.41) is 4.69. The number of hydrogen-bond donors (Lipinski definition) is 1. The molecule has 1 N–H and O–H groups in total. The van der Waals surface area contributed by atoms with Gasteiger partial charge in [-0.15, -0.1) is 11.3 Å². The van der Waals surface area contributed by atoms with Crippen molar-refractivity contribution >= 4 is 28.7 Å². The summed E-state index contributed by atoms with van der Waals surface area (Å²) in [6.45, 7) is 1.82. The number of nitrogens with one attached hydrogen (secondary N) is 1. The maximum Gasteiger partial charge on any atom is 0.181 e. The molecule has 0 saturated carbocycles. The van der Waals surface area contributed by atoms with Crippen LogP contribution in [0.1, 0.15) is 17.3 Å². The Bertz CT molecular complexity index is 284. The van der Waals surface area contributed by atoms with Crippen LogP contribution in [-0.4, -0.2) is 18.9 Å². The lowest BCUT2D eigenvalue weighted by molar-refractivity contribution is 0.0955. The van der Waals surface area contributed by atoms with E-state index in [1.54, 1.807) is 13.1 Å². The fraction of sp³-hybridized carbons (Fsp3) is 0.375. The van der Waals surface area contributed by atoms with E-state index < -0.39 is 0 Å². The van der Waals surface area contributed by atoms with Crippen molar-refractivity contribution in [2.75, 3.05) is 7.05 Å². The predicted molar refractivity (Wildman–Crippen MR) is 52.2 cm³/mol. The fourth-order valence-corrected chi connectivity index (χ4v) is 1.76. The van der Waals surface area contributed by atoms with Gasteiger partial charge in [0, 0.05) is 5.56 Å². The minimum atomic E-state index is -0.169. The molecule has 1 heterocycles. The van der Waals surface area contributed by atoms with Gasteiger partial charge in [-0.2, -0.15) is 0 Å². The second-order valence-corrected chi connectivity index (χ2v) is 4.00. The van der Waals surface area contributed by atoms with E-state index in [2.05, 4.69) is 5.32 Å². The van der Waals surface area contributed by atoms with Gasteiger partial charge in [-0.05, 0) is 25.4 Å². The monoisotopic (exact) mass is 203 g/mol. The highest BCUT2D eigenvalue weighted by Crippen LogP contribution is 2.23. The molecule has 0 saturated heterocycles. The normalized spacial score (nSPS) is 12.9. The van der Waals surface area contributed by atoms with Gasteiger partial charge < -0.3 is 5.32 Å². The Hall–Kier alpha value is -0.380. The van der Waals surface area contributed by atoms with Crippen molar-refractivity contribution in [2.45, 2.75) is 13.0 Å². The molecule has 1 aromatic rings. The van der Waals surface area contributed by atoms with Crippen molar-refractivity contribution in [1.29, 1.82) is 0 Å². The summed E-state index contributed by atoms with van der Waals surface area (Å²) in [7, 11) is 1.75. The van der Waals surface area contributed by atoms with Gasteiger partial charge in [0.2, 0.25) is 0 Å². The summed E-state index contributed by atoms with van der Waals surface area (Å²) >= 11 is 7.18. The SMILES string of the molecule is CNC(C)C(=O)c1ccsc1Cl. The first-order chi connectivity index (χ1) is 5.66. The summed E-state index contributed by atoms with van der Waals surface area (Å²) in [6, 6.07) is 1.58. The summed E-state index contributed by atoms with van der Waals surface area (Å²) in [5.74, 6) is 0.0451. The third kappa shape index (κ3) is 1.86. The molecule has 0 radical (unpaired) electrons. The first kappa shape index (κ1) is 9.71. The van der Waals surface area contributed by atoms with Crippen LogP contribution >= 0.6 is 22.9 Å². The van der Waals surface area contributed by atoms with Gasteiger partial charge in [0.15, 0.2) is 5.78 Å². The Morgan fingerprint density at radius 2 is 2.42 bits per heavy atom. The summed E-state index contributed by atoms with van der Waals surface area (Å²) in [6.07, 6.45) is 0. The van der Waals surface area contributed by atoms with Gasteiger partial charge in [0.05, 0.1) is 6.04 Å². The highest BCUT2D eigenvalue weighted by Gasteiger charge is 2.16. The first-order valence-corrected chi connectivity index (χ1v) is 4.87. The molecular weight excluding hydrogens is 194 g/mol. The molecule has 12 heavy (non-hydrogen) atoms. The van der Waals surface area contributed by atoms with E-state index in [-0.39, 0.29) is 11.8 Å². The van der Waals surface area contributed by atoms with Crippen molar-refractivity contribution < 1.29 is 4.79 Å². The number of rotatable bonds is 3. The zero-order valence-electron chi connectivity index (χ0n) is 6.93. The second-order valence-electron chi connectivity index (χ2n) is 2.48. The van der Waals surface area contributed by atoms with Gasteiger partial charge in [0.25, 0.3) is 0 Å². The van der Waals surface area contributed by atoms with E-state index in [4.69, 9.17) is 11.6 Å². The molecule has 0 fully saturated rings. The van der Waals surface area contributed by atoms with Gasteiger partial charge in [-0.25, -0.2) is 0 Å². The molecule has 2 nitrogen and oxygen atoms in total. The first-order valence-electron chi connectivity index (χ1n) is 3.61. The molecule has 1 aromatic heterocycles. The zero-order valence-corrected chi connectivity index (χ0v) is 8.50.